The number of methoxy groups -OCH3 is 1. The van der Waals surface area contributed by atoms with E-state index in [2.05, 4.69) is 20.8 Å². The van der Waals surface area contributed by atoms with E-state index < -0.39 is 6.04 Å². The van der Waals surface area contributed by atoms with Crippen LogP contribution in [0, 0.1) is 0 Å². The maximum absolute atomic E-state index is 12.2. The van der Waals surface area contributed by atoms with Crippen LogP contribution >= 0.6 is 0 Å². The van der Waals surface area contributed by atoms with E-state index in [1.165, 1.54) is 11.0 Å². The first-order valence-electron chi connectivity index (χ1n) is 5.87. The summed E-state index contributed by atoms with van der Waals surface area (Å²) in [6.07, 6.45) is 1.42. The zero-order valence-electron chi connectivity index (χ0n) is 10.6. The average molecular weight is 261 g/mol. The minimum absolute atomic E-state index is 0.171. The first-order chi connectivity index (χ1) is 9.33. The molecule has 7 heteroatoms. The van der Waals surface area contributed by atoms with Crippen molar-refractivity contribution < 1.29 is 9.53 Å². The predicted octanol–water partition coefficient (Wildman–Crippen LogP) is 0.0251. The molecule has 1 aromatic heterocycles. The van der Waals surface area contributed by atoms with Crippen molar-refractivity contribution in [3.05, 3.63) is 42.2 Å². The van der Waals surface area contributed by atoms with Crippen molar-refractivity contribution in [2.75, 3.05) is 20.3 Å². The molecule has 1 amide bonds. The third kappa shape index (κ3) is 3.35. The van der Waals surface area contributed by atoms with Gasteiger partial charge >= 0.3 is 0 Å². The topological polar surface area (TPSA) is 81.9 Å². The average Bonchev–Trinajstić information content (AvgIpc) is 2.94. The van der Waals surface area contributed by atoms with Gasteiger partial charge in [-0.05, 0) is 16.0 Å². The van der Waals surface area contributed by atoms with Crippen molar-refractivity contribution in [3.63, 3.8) is 0 Å². The molecule has 19 heavy (non-hydrogen) atoms. The number of tetrazole rings is 1. The molecule has 0 saturated carbocycles. The van der Waals surface area contributed by atoms with Gasteiger partial charge < -0.3 is 10.1 Å². The number of amides is 1. The second-order valence-corrected chi connectivity index (χ2v) is 3.89. The Kier molecular flexibility index (Phi) is 4.57. The van der Waals surface area contributed by atoms with Crippen molar-refractivity contribution >= 4 is 5.91 Å². The second kappa shape index (κ2) is 6.60. The molecular weight excluding hydrogens is 246 g/mol. The second-order valence-electron chi connectivity index (χ2n) is 3.89. The van der Waals surface area contributed by atoms with Crippen LogP contribution in [0.1, 0.15) is 11.6 Å². The Labute approximate surface area is 110 Å². The quantitative estimate of drug-likeness (QED) is 0.742. The number of benzene rings is 1. The van der Waals surface area contributed by atoms with E-state index in [4.69, 9.17) is 4.74 Å². The Morgan fingerprint density at radius 1 is 1.42 bits per heavy atom. The molecule has 0 saturated heterocycles. The third-order valence-corrected chi connectivity index (χ3v) is 2.60. The van der Waals surface area contributed by atoms with Crippen molar-refractivity contribution in [2.45, 2.75) is 6.04 Å². The number of hydrogen-bond acceptors (Lipinski definition) is 5. The van der Waals surface area contributed by atoms with Crippen molar-refractivity contribution in [2.24, 2.45) is 0 Å². The summed E-state index contributed by atoms with van der Waals surface area (Å²) in [6, 6.07) is 8.78. The highest BCUT2D eigenvalue weighted by atomic mass is 16.5. The molecule has 0 radical (unpaired) electrons. The lowest BCUT2D eigenvalue weighted by atomic mass is 10.1. The van der Waals surface area contributed by atoms with Gasteiger partial charge in [0.25, 0.3) is 0 Å². The minimum atomic E-state index is -0.576. The van der Waals surface area contributed by atoms with E-state index >= 15 is 0 Å². The molecule has 0 aliphatic carbocycles. The SMILES string of the molecule is COCCNC(=O)C(c1ccccc1)n1cnnn1. The fourth-order valence-electron chi connectivity index (χ4n) is 1.72. The molecule has 0 fully saturated rings. The lowest BCUT2D eigenvalue weighted by Crippen LogP contribution is -2.35. The highest BCUT2D eigenvalue weighted by Gasteiger charge is 2.23. The first kappa shape index (κ1) is 13.2. The van der Waals surface area contributed by atoms with Crippen LogP contribution in [0.15, 0.2) is 36.7 Å². The lowest BCUT2D eigenvalue weighted by molar-refractivity contribution is -0.123. The van der Waals surface area contributed by atoms with E-state index in [0.29, 0.717) is 13.2 Å². The van der Waals surface area contributed by atoms with Crippen molar-refractivity contribution in [1.82, 2.24) is 25.5 Å². The molecule has 0 bridgehead atoms. The normalized spacial score (nSPS) is 12.1. The van der Waals surface area contributed by atoms with Crippen LogP contribution in [0.4, 0.5) is 0 Å². The van der Waals surface area contributed by atoms with Gasteiger partial charge in [-0.25, -0.2) is 4.68 Å². The molecule has 1 unspecified atom stereocenters. The van der Waals surface area contributed by atoms with Crippen LogP contribution in [0.5, 0.6) is 0 Å². The van der Waals surface area contributed by atoms with Crippen LogP contribution in [-0.2, 0) is 9.53 Å². The summed E-state index contributed by atoms with van der Waals surface area (Å²) in [7, 11) is 1.59. The smallest absolute Gasteiger partial charge is 0.249 e. The van der Waals surface area contributed by atoms with Crippen molar-refractivity contribution in [3.8, 4) is 0 Å². The summed E-state index contributed by atoms with van der Waals surface area (Å²) in [4.78, 5) is 12.2. The van der Waals surface area contributed by atoms with Gasteiger partial charge in [0.05, 0.1) is 6.61 Å². The summed E-state index contributed by atoms with van der Waals surface area (Å²) in [5.74, 6) is -0.171. The van der Waals surface area contributed by atoms with Crippen molar-refractivity contribution in [1.29, 1.82) is 0 Å². The molecule has 2 aromatic rings. The largest absolute Gasteiger partial charge is 0.383 e. The van der Waals surface area contributed by atoms with Crippen LogP contribution in [0.3, 0.4) is 0 Å². The summed E-state index contributed by atoms with van der Waals surface area (Å²) in [5, 5.41) is 13.7. The molecule has 1 heterocycles. The van der Waals surface area contributed by atoms with E-state index in [9.17, 15) is 4.79 Å². The number of aromatic nitrogens is 4. The number of nitrogens with one attached hydrogen (secondary N) is 1. The maximum atomic E-state index is 12.2. The number of carbonyl (C=O) groups is 1. The third-order valence-electron chi connectivity index (χ3n) is 2.60. The molecule has 0 aliphatic heterocycles. The predicted molar refractivity (Wildman–Crippen MR) is 67.3 cm³/mol. The number of nitrogens with zero attached hydrogens (tertiary/aromatic N) is 4. The zero-order chi connectivity index (χ0) is 13.5. The van der Waals surface area contributed by atoms with E-state index in [1.807, 2.05) is 30.3 Å². The van der Waals surface area contributed by atoms with Gasteiger partial charge in [-0.15, -0.1) is 5.10 Å². The Bertz CT molecular complexity index is 500. The zero-order valence-corrected chi connectivity index (χ0v) is 10.6. The molecule has 0 spiro atoms. The Hall–Kier alpha value is -2.28. The van der Waals surface area contributed by atoms with Crippen LogP contribution in [-0.4, -0.2) is 46.4 Å². The fourth-order valence-corrected chi connectivity index (χ4v) is 1.72. The highest BCUT2D eigenvalue weighted by Crippen LogP contribution is 2.16. The van der Waals surface area contributed by atoms with Gasteiger partial charge in [0.1, 0.15) is 6.33 Å². The van der Waals surface area contributed by atoms with Crippen LogP contribution in [0.2, 0.25) is 0 Å². The standard InChI is InChI=1S/C12H15N5O2/c1-19-8-7-13-12(18)11(17-9-14-15-16-17)10-5-3-2-4-6-10/h2-6,9,11H,7-8H2,1H3,(H,13,18). The highest BCUT2D eigenvalue weighted by molar-refractivity contribution is 5.83. The maximum Gasteiger partial charge on any atom is 0.249 e. The fraction of sp³-hybridized carbons (Fsp3) is 0.333. The van der Waals surface area contributed by atoms with Gasteiger partial charge in [-0.3, -0.25) is 4.79 Å². The van der Waals surface area contributed by atoms with E-state index in [1.54, 1.807) is 7.11 Å². The molecule has 1 aromatic carbocycles. The van der Waals surface area contributed by atoms with Gasteiger partial charge in [0, 0.05) is 13.7 Å². The summed E-state index contributed by atoms with van der Waals surface area (Å²) < 4.78 is 6.33. The van der Waals surface area contributed by atoms with Crippen LogP contribution in [0.25, 0.3) is 0 Å². The molecule has 0 aliphatic rings. The number of rotatable bonds is 6. The van der Waals surface area contributed by atoms with Crippen LogP contribution < -0.4 is 5.32 Å². The Morgan fingerprint density at radius 3 is 2.84 bits per heavy atom. The summed E-state index contributed by atoms with van der Waals surface area (Å²) in [5.41, 5.74) is 0.824. The van der Waals surface area contributed by atoms with Gasteiger partial charge in [-0.1, -0.05) is 30.3 Å². The molecule has 7 nitrogen and oxygen atoms in total. The van der Waals surface area contributed by atoms with E-state index in [-0.39, 0.29) is 5.91 Å². The van der Waals surface area contributed by atoms with Gasteiger partial charge in [-0.2, -0.15) is 0 Å². The number of ether oxygens (including phenoxy) is 1. The number of hydrogen-bond donors (Lipinski definition) is 1. The molecular formula is C12H15N5O2. The Balaban J connectivity index is 2.18. The Morgan fingerprint density at radius 2 is 2.21 bits per heavy atom. The summed E-state index contributed by atoms with van der Waals surface area (Å²) >= 11 is 0. The van der Waals surface area contributed by atoms with Gasteiger partial charge in [0.15, 0.2) is 6.04 Å². The molecule has 1 N–H and O–H groups in total. The molecule has 100 valence electrons. The summed E-state index contributed by atoms with van der Waals surface area (Å²) in [6.45, 7) is 0.906. The monoisotopic (exact) mass is 261 g/mol. The number of carbonyl (C=O) groups excluding carboxylic acids is 1. The molecule has 2 rings (SSSR count). The minimum Gasteiger partial charge on any atom is -0.383 e. The van der Waals surface area contributed by atoms with Gasteiger partial charge in [0.2, 0.25) is 5.91 Å². The lowest BCUT2D eigenvalue weighted by Gasteiger charge is -2.16. The first-order valence-corrected chi connectivity index (χ1v) is 5.87. The molecule has 1 atom stereocenters. The van der Waals surface area contributed by atoms with E-state index in [0.717, 1.165) is 5.56 Å².